The van der Waals surface area contributed by atoms with Crippen molar-refractivity contribution in [1.82, 2.24) is 0 Å². The predicted octanol–water partition coefficient (Wildman–Crippen LogP) is 5.59. The molecule has 0 heterocycles. The summed E-state index contributed by atoms with van der Waals surface area (Å²) < 4.78 is 56.0. The van der Waals surface area contributed by atoms with E-state index in [-0.39, 0.29) is 9.79 Å². The molecule has 0 bridgehead atoms. The van der Waals surface area contributed by atoms with E-state index in [9.17, 15) is 21.6 Å². The maximum atomic E-state index is 13.5. The molecule has 0 saturated heterocycles. The van der Waals surface area contributed by atoms with Crippen LogP contribution < -0.4 is 14.3 Å². The summed E-state index contributed by atoms with van der Waals surface area (Å²) in [6.07, 6.45) is 0. The molecule has 0 radical (unpaired) electrons. The van der Waals surface area contributed by atoms with Crippen molar-refractivity contribution in [3.63, 3.8) is 0 Å². The third-order valence-electron chi connectivity index (χ3n) is 5.73. The number of anilines is 3. The third kappa shape index (κ3) is 6.97. The summed E-state index contributed by atoms with van der Waals surface area (Å²) >= 11 is 5.85. The maximum absolute atomic E-state index is 13.5. The summed E-state index contributed by atoms with van der Waals surface area (Å²) in [5.41, 5.74) is 2.74. The van der Waals surface area contributed by atoms with E-state index in [1.807, 2.05) is 19.9 Å². The Kier molecular flexibility index (Phi) is 8.29. The van der Waals surface area contributed by atoms with Crippen LogP contribution in [0.15, 0.2) is 107 Å². The van der Waals surface area contributed by atoms with E-state index in [2.05, 4.69) is 10.0 Å². The van der Waals surface area contributed by atoms with Crippen molar-refractivity contribution in [2.24, 2.45) is 0 Å². The predicted molar refractivity (Wildman–Crippen MR) is 154 cm³/mol. The van der Waals surface area contributed by atoms with E-state index in [4.69, 9.17) is 11.6 Å². The number of hydrogen-bond donors (Lipinski definition) is 2. The van der Waals surface area contributed by atoms with Crippen LogP contribution in [0.2, 0.25) is 5.02 Å². The van der Waals surface area contributed by atoms with Crippen molar-refractivity contribution in [3.8, 4) is 0 Å². The Morgan fingerprint density at radius 2 is 1.33 bits per heavy atom. The molecule has 39 heavy (non-hydrogen) atoms. The first-order chi connectivity index (χ1) is 18.4. The smallest absolute Gasteiger partial charge is 0.264 e. The van der Waals surface area contributed by atoms with E-state index in [0.29, 0.717) is 22.1 Å². The number of rotatable bonds is 9. The molecular weight excluding hydrogens is 558 g/mol. The van der Waals surface area contributed by atoms with E-state index in [1.54, 1.807) is 54.6 Å². The zero-order valence-electron chi connectivity index (χ0n) is 21.1. The molecule has 4 rings (SSSR count). The molecule has 202 valence electrons. The Hall–Kier alpha value is -3.86. The third-order valence-corrected chi connectivity index (χ3v) is 9.17. The molecule has 1 amide bonds. The van der Waals surface area contributed by atoms with Crippen molar-refractivity contribution in [2.75, 3.05) is 20.9 Å². The van der Waals surface area contributed by atoms with Crippen LogP contribution in [-0.2, 0) is 24.8 Å². The van der Waals surface area contributed by atoms with Gasteiger partial charge in [-0.3, -0.25) is 13.8 Å². The molecule has 11 heteroatoms. The standard InChI is InChI=1S/C28H26ClN3O5S2/c1-20-6-14-27(15-7-20)39(36,37)32(25-5-3-4-21(2)18-25)19-28(33)30-23-12-16-26(17-13-23)38(34,35)31-24-10-8-22(29)9-11-24/h3-18,31H,19H2,1-2H3,(H,30,33). The van der Waals surface area contributed by atoms with Gasteiger partial charge in [-0.15, -0.1) is 0 Å². The molecule has 4 aromatic rings. The van der Waals surface area contributed by atoms with Crippen molar-refractivity contribution in [3.05, 3.63) is 113 Å². The number of aryl methyl sites for hydroxylation is 2. The second-order valence-electron chi connectivity index (χ2n) is 8.85. The van der Waals surface area contributed by atoms with Gasteiger partial charge in [0.25, 0.3) is 20.0 Å². The van der Waals surface area contributed by atoms with Gasteiger partial charge < -0.3 is 5.32 Å². The van der Waals surface area contributed by atoms with Gasteiger partial charge in [-0.1, -0.05) is 41.4 Å². The zero-order valence-corrected chi connectivity index (χ0v) is 23.5. The fraction of sp³-hybridized carbons (Fsp3) is 0.107. The first-order valence-corrected chi connectivity index (χ1v) is 15.1. The molecule has 0 unspecified atom stereocenters. The molecular formula is C28H26ClN3O5S2. The van der Waals surface area contributed by atoms with Crippen molar-refractivity contribution in [1.29, 1.82) is 0 Å². The Morgan fingerprint density at radius 3 is 1.95 bits per heavy atom. The van der Waals surface area contributed by atoms with E-state index in [1.165, 1.54) is 36.4 Å². The zero-order chi connectivity index (χ0) is 28.2. The number of sulfonamides is 2. The molecule has 0 aliphatic carbocycles. The largest absolute Gasteiger partial charge is 0.325 e. The van der Waals surface area contributed by atoms with Gasteiger partial charge in [-0.25, -0.2) is 16.8 Å². The number of benzene rings is 4. The second kappa shape index (κ2) is 11.5. The van der Waals surface area contributed by atoms with Gasteiger partial charge >= 0.3 is 0 Å². The first-order valence-electron chi connectivity index (χ1n) is 11.8. The molecule has 0 aromatic heterocycles. The molecule has 0 aliphatic heterocycles. The molecule has 0 fully saturated rings. The quantitative estimate of drug-likeness (QED) is 0.267. The van der Waals surface area contributed by atoms with Crippen LogP contribution in [0.5, 0.6) is 0 Å². The highest BCUT2D eigenvalue weighted by molar-refractivity contribution is 7.93. The minimum atomic E-state index is -4.06. The van der Waals surface area contributed by atoms with Crippen LogP contribution in [-0.4, -0.2) is 29.3 Å². The van der Waals surface area contributed by atoms with Crippen LogP contribution in [0.3, 0.4) is 0 Å². The highest BCUT2D eigenvalue weighted by atomic mass is 35.5. The van der Waals surface area contributed by atoms with Gasteiger partial charge in [-0.05, 0) is 92.2 Å². The Bertz CT molecular complexity index is 1690. The van der Waals surface area contributed by atoms with Crippen LogP contribution in [0, 0.1) is 13.8 Å². The normalized spacial score (nSPS) is 11.6. The summed E-state index contributed by atoms with van der Waals surface area (Å²) in [6, 6.07) is 25.0. The number of nitrogens with zero attached hydrogens (tertiary/aromatic N) is 1. The van der Waals surface area contributed by atoms with Crippen LogP contribution in [0.1, 0.15) is 11.1 Å². The summed E-state index contributed by atoms with van der Waals surface area (Å²) in [6.45, 7) is 3.20. The average Bonchev–Trinajstić information content (AvgIpc) is 2.89. The minimum absolute atomic E-state index is 0.0150. The number of amides is 1. The second-order valence-corrected chi connectivity index (χ2v) is 12.8. The van der Waals surface area contributed by atoms with E-state index < -0.39 is 32.5 Å². The number of carbonyl (C=O) groups excluding carboxylic acids is 1. The molecule has 0 spiro atoms. The number of carbonyl (C=O) groups is 1. The fourth-order valence-corrected chi connectivity index (χ4v) is 6.31. The van der Waals surface area contributed by atoms with Gasteiger partial charge in [0.1, 0.15) is 6.54 Å². The molecule has 0 aliphatic rings. The first kappa shape index (κ1) is 28.2. The Balaban J connectivity index is 1.53. The van der Waals surface area contributed by atoms with Gasteiger partial charge in [0, 0.05) is 16.4 Å². The Labute approximate surface area is 233 Å². The van der Waals surface area contributed by atoms with Crippen LogP contribution >= 0.6 is 11.6 Å². The Morgan fingerprint density at radius 1 is 0.744 bits per heavy atom. The number of halogens is 1. The molecule has 4 aromatic carbocycles. The van der Waals surface area contributed by atoms with Crippen molar-refractivity contribution in [2.45, 2.75) is 23.6 Å². The van der Waals surface area contributed by atoms with Gasteiger partial charge in [-0.2, -0.15) is 0 Å². The SMILES string of the molecule is Cc1ccc(S(=O)(=O)N(CC(=O)Nc2ccc(S(=O)(=O)Nc3ccc(Cl)cc3)cc2)c2cccc(C)c2)cc1. The maximum Gasteiger partial charge on any atom is 0.264 e. The summed E-state index contributed by atoms with van der Waals surface area (Å²) in [5.74, 6) is -0.595. The molecule has 2 N–H and O–H groups in total. The highest BCUT2D eigenvalue weighted by Gasteiger charge is 2.27. The van der Waals surface area contributed by atoms with E-state index in [0.717, 1.165) is 15.4 Å². The summed E-state index contributed by atoms with van der Waals surface area (Å²) in [4.78, 5) is 13.1. The molecule has 0 atom stereocenters. The van der Waals surface area contributed by atoms with Crippen LogP contribution in [0.25, 0.3) is 0 Å². The van der Waals surface area contributed by atoms with Gasteiger partial charge in [0.05, 0.1) is 15.5 Å². The van der Waals surface area contributed by atoms with Crippen molar-refractivity contribution >= 4 is 54.6 Å². The monoisotopic (exact) mass is 583 g/mol. The van der Waals surface area contributed by atoms with Crippen LogP contribution in [0.4, 0.5) is 17.1 Å². The van der Waals surface area contributed by atoms with Crippen molar-refractivity contribution < 1.29 is 21.6 Å². The number of hydrogen-bond acceptors (Lipinski definition) is 5. The lowest BCUT2D eigenvalue weighted by atomic mass is 10.2. The summed E-state index contributed by atoms with van der Waals surface area (Å²) in [7, 11) is -7.93. The lowest BCUT2D eigenvalue weighted by molar-refractivity contribution is -0.114. The molecule has 8 nitrogen and oxygen atoms in total. The summed E-state index contributed by atoms with van der Waals surface area (Å²) in [5, 5.41) is 3.13. The molecule has 0 saturated carbocycles. The van der Waals surface area contributed by atoms with Gasteiger partial charge in [0.2, 0.25) is 5.91 Å². The van der Waals surface area contributed by atoms with Gasteiger partial charge in [0.15, 0.2) is 0 Å². The van der Waals surface area contributed by atoms with E-state index >= 15 is 0 Å². The fourth-order valence-electron chi connectivity index (χ4n) is 3.72. The minimum Gasteiger partial charge on any atom is -0.325 e. The lowest BCUT2D eigenvalue weighted by Gasteiger charge is -2.24. The topological polar surface area (TPSA) is 113 Å². The average molecular weight is 584 g/mol. The highest BCUT2D eigenvalue weighted by Crippen LogP contribution is 2.25. The lowest BCUT2D eigenvalue weighted by Crippen LogP contribution is -2.38. The number of nitrogens with one attached hydrogen (secondary N) is 2.